The Kier molecular flexibility index (Phi) is 4.47. The lowest BCUT2D eigenvalue weighted by molar-refractivity contribution is -0.136. The number of rotatable bonds is 5. The Bertz CT molecular complexity index is 958. The Morgan fingerprint density at radius 2 is 1.93 bits per heavy atom. The van der Waals surface area contributed by atoms with E-state index in [0.29, 0.717) is 23.2 Å². The monoisotopic (exact) mass is 412 g/mol. The highest BCUT2D eigenvalue weighted by molar-refractivity contribution is 5.84. The summed E-state index contributed by atoms with van der Waals surface area (Å²) in [4.78, 5) is 17.1. The van der Waals surface area contributed by atoms with Crippen LogP contribution in [0.5, 0.6) is 0 Å². The molecule has 3 atom stereocenters. The first kappa shape index (κ1) is 19.6. The summed E-state index contributed by atoms with van der Waals surface area (Å²) in [5.41, 5.74) is -0.0556. The molecule has 0 aliphatic heterocycles. The highest BCUT2D eigenvalue weighted by Gasteiger charge is 2.60. The van der Waals surface area contributed by atoms with Gasteiger partial charge in [0.2, 0.25) is 5.91 Å². The molecular formula is C22H29FN6O. The summed E-state index contributed by atoms with van der Waals surface area (Å²) in [6.07, 6.45) is 6.05. The normalized spacial score (nSPS) is 33.1. The number of nitrogens with one attached hydrogen (secondary N) is 1. The molecular weight excluding hydrogens is 383 g/mol. The maximum atomic E-state index is 14.5. The maximum Gasteiger partial charge on any atom is 0.242 e. The average Bonchev–Trinajstić information content (AvgIpc) is 3.09. The summed E-state index contributed by atoms with van der Waals surface area (Å²) in [5.74, 6) is 1.28. The number of nitrogens with zero attached hydrogens (tertiary/aromatic N) is 5. The molecule has 1 aromatic carbocycles. The number of benzene rings is 1. The van der Waals surface area contributed by atoms with Crippen LogP contribution in [0.1, 0.15) is 56.0 Å². The molecule has 4 saturated carbocycles. The first-order chi connectivity index (χ1) is 14.3. The van der Waals surface area contributed by atoms with Gasteiger partial charge in [-0.05, 0) is 82.7 Å². The van der Waals surface area contributed by atoms with Crippen molar-refractivity contribution in [1.29, 1.82) is 0 Å². The standard InChI is InChI=1S/C22H29FN6O/c1-14-25-27-29(26-14)22-11-15-8-16(12-22)10-21(9-15,13-22)24-20(30)19(28(2)3)17-6-4-5-7-18(17)23/h4-7,15-16,19H,8-13H2,1-3H3,(H,24,30). The Labute approximate surface area is 176 Å². The molecule has 4 aliphatic carbocycles. The summed E-state index contributed by atoms with van der Waals surface area (Å²) >= 11 is 0. The van der Waals surface area contributed by atoms with Gasteiger partial charge in [-0.1, -0.05) is 18.2 Å². The van der Waals surface area contributed by atoms with Gasteiger partial charge in [0.1, 0.15) is 11.9 Å². The molecule has 6 rings (SSSR count). The van der Waals surface area contributed by atoms with E-state index in [1.165, 1.54) is 12.5 Å². The molecule has 160 valence electrons. The van der Waals surface area contributed by atoms with Gasteiger partial charge in [0.05, 0.1) is 5.54 Å². The summed E-state index contributed by atoms with van der Waals surface area (Å²) in [6, 6.07) is 5.88. The van der Waals surface area contributed by atoms with Gasteiger partial charge < -0.3 is 5.32 Å². The number of tetrazole rings is 1. The zero-order chi connectivity index (χ0) is 21.1. The average molecular weight is 413 g/mol. The minimum Gasteiger partial charge on any atom is -0.349 e. The Hall–Kier alpha value is -2.35. The largest absolute Gasteiger partial charge is 0.349 e. The Morgan fingerprint density at radius 3 is 2.53 bits per heavy atom. The SMILES string of the molecule is Cc1nnn(C23CC4CC(CC(NC(=O)C(c5ccccc5F)N(C)C)(C4)C2)C3)n1. The molecule has 0 radical (unpaired) electrons. The van der Waals surface area contributed by atoms with Crippen LogP contribution in [-0.4, -0.2) is 50.6 Å². The minimum atomic E-state index is -0.665. The number of hydrogen-bond acceptors (Lipinski definition) is 5. The third kappa shape index (κ3) is 3.12. The molecule has 1 aromatic heterocycles. The molecule has 8 heteroatoms. The van der Waals surface area contributed by atoms with Crippen molar-refractivity contribution in [3.05, 3.63) is 41.5 Å². The van der Waals surface area contributed by atoms with Gasteiger partial charge in [-0.3, -0.25) is 9.69 Å². The number of carbonyl (C=O) groups excluding carboxylic acids is 1. The Morgan fingerprint density at radius 1 is 1.23 bits per heavy atom. The predicted molar refractivity (Wildman–Crippen MR) is 109 cm³/mol. The van der Waals surface area contributed by atoms with E-state index in [1.807, 2.05) is 25.8 Å². The van der Waals surface area contributed by atoms with E-state index < -0.39 is 6.04 Å². The van der Waals surface area contributed by atoms with Crippen LogP contribution >= 0.6 is 0 Å². The highest BCUT2D eigenvalue weighted by Crippen LogP contribution is 2.60. The summed E-state index contributed by atoms with van der Waals surface area (Å²) in [5, 5.41) is 16.4. The van der Waals surface area contributed by atoms with Gasteiger partial charge >= 0.3 is 0 Å². The number of hydrogen-bond donors (Lipinski definition) is 1. The number of carbonyl (C=O) groups is 1. The van der Waals surface area contributed by atoms with Crippen LogP contribution in [0, 0.1) is 24.6 Å². The molecule has 1 amide bonds. The smallest absolute Gasteiger partial charge is 0.242 e. The zero-order valence-corrected chi connectivity index (χ0v) is 17.8. The van der Waals surface area contributed by atoms with E-state index in [9.17, 15) is 9.18 Å². The van der Waals surface area contributed by atoms with E-state index in [2.05, 4.69) is 20.7 Å². The predicted octanol–water partition coefficient (Wildman–Crippen LogP) is 2.59. The summed E-state index contributed by atoms with van der Waals surface area (Å²) < 4.78 is 14.5. The quantitative estimate of drug-likeness (QED) is 0.817. The van der Waals surface area contributed by atoms with Crippen LogP contribution in [0.15, 0.2) is 24.3 Å². The third-order valence-electron chi connectivity index (χ3n) is 7.32. The van der Waals surface area contributed by atoms with Crippen molar-refractivity contribution < 1.29 is 9.18 Å². The lowest BCUT2D eigenvalue weighted by atomic mass is 9.50. The van der Waals surface area contributed by atoms with E-state index in [4.69, 9.17) is 0 Å². The summed E-state index contributed by atoms with van der Waals surface area (Å²) in [6.45, 7) is 1.86. The van der Waals surface area contributed by atoms with E-state index >= 15 is 0 Å². The van der Waals surface area contributed by atoms with Crippen LogP contribution in [0.3, 0.4) is 0 Å². The first-order valence-electron chi connectivity index (χ1n) is 10.8. The van der Waals surface area contributed by atoms with Gasteiger partial charge in [-0.15, -0.1) is 10.2 Å². The van der Waals surface area contributed by atoms with Gasteiger partial charge in [-0.2, -0.15) is 4.80 Å². The van der Waals surface area contributed by atoms with Crippen molar-refractivity contribution in [2.75, 3.05) is 14.1 Å². The second-order valence-electron chi connectivity index (χ2n) is 9.97. The van der Waals surface area contributed by atoms with Crippen molar-refractivity contribution in [2.45, 2.75) is 62.6 Å². The molecule has 7 nitrogen and oxygen atoms in total. The fourth-order valence-electron chi connectivity index (χ4n) is 6.76. The molecule has 2 aromatic rings. The molecule has 0 saturated heterocycles. The van der Waals surface area contributed by atoms with Crippen molar-refractivity contribution >= 4 is 5.91 Å². The number of amides is 1. The number of aromatic nitrogens is 4. The van der Waals surface area contributed by atoms with E-state index in [1.54, 1.807) is 23.1 Å². The zero-order valence-electron chi connectivity index (χ0n) is 17.8. The van der Waals surface area contributed by atoms with Crippen LogP contribution in [0.4, 0.5) is 4.39 Å². The summed E-state index contributed by atoms with van der Waals surface area (Å²) in [7, 11) is 3.64. The highest BCUT2D eigenvalue weighted by atomic mass is 19.1. The van der Waals surface area contributed by atoms with Crippen LogP contribution in [0.2, 0.25) is 0 Å². The third-order valence-corrected chi connectivity index (χ3v) is 7.32. The van der Waals surface area contributed by atoms with Gasteiger partial charge in [0.25, 0.3) is 0 Å². The van der Waals surface area contributed by atoms with Crippen molar-refractivity contribution in [3.63, 3.8) is 0 Å². The second kappa shape index (κ2) is 6.83. The molecule has 1 heterocycles. The van der Waals surface area contributed by atoms with Gasteiger partial charge in [0, 0.05) is 11.1 Å². The molecule has 30 heavy (non-hydrogen) atoms. The lowest BCUT2D eigenvalue weighted by Gasteiger charge is -2.61. The molecule has 4 bridgehead atoms. The van der Waals surface area contributed by atoms with Crippen molar-refractivity contribution in [2.24, 2.45) is 11.8 Å². The maximum absolute atomic E-state index is 14.5. The van der Waals surface area contributed by atoms with Crippen LogP contribution in [-0.2, 0) is 10.3 Å². The second-order valence-corrected chi connectivity index (χ2v) is 9.97. The topological polar surface area (TPSA) is 75.9 Å². The molecule has 3 unspecified atom stereocenters. The molecule has 4 aliphatic rings. The first-order valence-corrected chi connectivity index (χ1v) is 10.8. The number of halogens is 1. The van der Waals surface area contributed by atoms with Gasteiger partial charge in [0.15, 0.2) is 5.82 Å². The molecule has 1 N–H and O–H groups in total. The lowest BCUT2D eigenvalue weighted by Crippen LogP contribution is -2.66. The Balaban J connectivity index is 1.45. The van der Waals surface area contributed by atoms with Gasteiger partial charge in [-0.25, -0.2) is 4.39 Å². The van der Waals surface area contributed by atoms with Crippen molar-refractivity contribution in [1.82, 2.24) is 30.4 Å². The molecule has 0 spiro atoms. The number of likely N-dealkylation sites (N-methyl/N-ethyl adjacent to an activating group) is 1. The van der Waals surface area contributed by atoms with E-state index in [-0.39, 0.29) is 22.8 Å². The fraction of sp³-hybridized carbons (Fsp3) is 0.636. The van der Waals surface area contributed by atoms with Crippen molar-refractivity contribution in [3.8, 4) is 0 Å². The molecule has 4 fully saturated rings. The van der Waals surface area contributed by atoms with E-state index in [0.717, 1.165) is 32.1 Å². The van der Waals surface area contributed by atoms with Crippen LogP contribution in [0.25, 0.3) is 0 Å². The minimum absolute atomic E-state index is 0.134. The number of aryl methyl sites for hydroxylation is 1. The fourth-order valence-corrected chi connectivity index (χ4v) is 6.76. The van der Waals surface area contributed by atoms with Crippen LogP contribution < -0.4 is 5.32 Å².